The van der Waals surface area contributed by atoms with Gasteiger partial charge in [-0.15, -0.1) is 0 Å². The van der Waals surface area contributed by atoms with Crippen LogP contribution in [0.5, 0.6) is 0 Å². The first-order valence-corrected chi connectivity index (χ1v) is 4.50. The molecule has 0 aromatic carbocycles. The third kappa shape index (κ3) is 1.25. The molecule has 0 radical (unpaired) electrons. The third-order valence-corrected chi connectivity index (χ3v) is 2.29. The van der Waals surface area contributed by atoms with Gasteiger partial charge in [-0.05, 0) is 12.1 Å². The number of hydrogen-bond acceptors (Lipinski definition) is 4. The Bertz CT molecular complexity index is 401. The van der Waals surface area contributed by atoms with Crippen LogP contribution >= 0.6 is 0 Å². The molecule has 0 fully saturated rings. The van der Waals surface area contributed by atoms with Gasteiger partial charge in [-0.2, -0.15) is 0 Å². The maximum absolute atomic E-state index is 4.19. The summed E-state index contributed by atoms with van der Waals surface area (Å²) in [4.78, 5) is 16.8. The van der Waals surface area contributed by atoms with E-state index in [0.717, 1.165) is 35.6 Å². The minimum Gasteiger partial charge on any atom is -0.241 e. The van der Waals surface area contributed by atoms with Crippen molar-refractivity contribution in [3.8, 4) is 0 Å². The monoisotopic (exact) mass is 184 g/mol. The molecule has 1 aliphatic rings. The van der Waals surface area contributed by atoms with Crippen molar-refractivity contribution in [3.63, 3.8) is 0 Å². The fourth-order valence-corrected chi connectivity index (χ4v) is 1.65. The topological polar surface area (TPSA) is 51.6 Å². The van der Waals surface area contributed by atoms with Crippen LogP contribution in [0.3, 0.4) is 0 Å². The molecule has 0 atom stereocenters. The van der Waals surface area contributed by atoms with Crippen molar-refractivity contribution in [2.24, 2.45) is 0 Å². The SMILES string of the molecule is c1nc2cc(n1)Cc1cc(ncn1)C2. The molecule has 4 nitrogen and oxygen atoms in total. The number of aromatic nitrogens is 4. The Hall–Kier alpha value is -1.84. The Morgan fingerprint density at radius 2 is 1.00 bits per heavy atom. The molecule has 1 aliphatic carbocycles. The molecule has 4 heteroatoms. The van der Waals surface area contributed by atoms with Crippen molar-refractivity contribution in [3.05, 3.63) is 47.6 Å². The number of hydrogen-bond donors (Lipinski definition) is 0. The lowest BCUT2D eigenvalue weighted by Gasteiger charge is -2.08. The average molecular weight is 184 g/mol. The summed E-state index contributed by atoms with van der Waals surface area (Å²) in [6.07, 6.45) is 4.75. The van der Waals surface area contributed by atoms with Gasteiger partial charge in [0.05, 0.1) is 0 Å². The predicted octanol–water partition coefficient (Wildman–Crippen LogP) is 0.762. The first-order valence-electron chi connectivity index (χ1n) is 4.50. The van der Waals surface area contributed by atoms with E-state index >= 15 is 0 Å². The van der Waals surface area contributed by atoms with Gasteiger partial charge in [0.15, 0.2) is 0 Å². The summed E-state index contributed by atoms with van der Waals surface area (Å²) >= 11 is 0. The first-order chi connectivity index (χ1) is 6.90. The first kappa shape index (κ1) is 7.55. The van der Waals surface area contributed by atoms with Gasteiger partial charge in [0.2, 0.25) is 0 Å². The fraction of sp³-hybridized carbons (Fsp3) is 0.200. The molecule has 0 saturated carbocycles. The van der Waals surface area contributed by atoms with Crippen LogP contribution in [-0.2, 0) is 12.8 Å². The van der Waals surface area contributed by atoms with E-state index in [-0.39, 0.29) is 0 Å². The highest BCUT2D eigenvalue weighted by Crippen LogP contribution is 2.13. The van der Waals surface area contributed by atoms with Crippen LogP contribution < -0.4 is 0 Å². The van der Waals surface area contributed by atoms with Crippen molar-refractivity contribution in [2.75, 3.05) is 0 Å². The van der Waals surface area contributed by atoms with Gasteiger partial charge >= 0.3 is 0 Å². The van der Waals surface area contributed by atoms with Gasteiger partial charge in [0.1, 0.15) is 12.7 Å². The van der Waals surface area contributed by atoms with Gasteiger partial charge in [-0.25, -0.2) is 19.9 Å². The highest BCUT2D eigenvalue weighted by Gasteiger charge is 2.08. The van der Waals surface area contributed by atoms with Crippen molar-refractivity contribution >= 4 is 0 Å². The van der Waals surface area contributed by atoms with Crippen LogP contribution in [0.4, 0.5) is 0 Å². The van der Waals surface area contributed by atoms with Crippen molar-refractivity contribution in [1.29, 1.82) is 0 Å². The zero-order valence-corrected chi connectivity index (χ0v) is 7.51. The standard InChI is InChI=1S/C10H8N4/c1-7-3-9-2-10(14-6-13-9)4-8(1)12-5-11-7/h1-2,5-6H,3-4H2. The normalized spacial score (nSPS) is 13.1. The highest BCUT2D eigenvalue weighted by molar-refractivity contribution is 5.24. The largest absolute Gasteiger partial charge is 0.241 e. The summed E-state index contributed by atoms with van der Waals surface area (Å²) in [5.74, 6) is 0. The fourth-order valence-electron chi connectivity index (χ4n) is 1.65. The van der Waals surface area contributed by atoms with E-state index in [9.17, 15) is 0 Å². The highest BCUT2D eigenvalue weighted by atomic mass is 14.9. The van der Waals surface area contributed by atoms with E-state index in [0.29, 0.717) is 0 Å². The second-order valence-electron chi connectivity index (χ2n) is 3.35. The molecule has 2 heterocycles. The lowest BCUT2D eigenvalue weighted by molar-refractivity contribution is 0.880. The van der Waals surface area contributed by atoms with Crippen LogP contribution in [0.25, 0.3) is 0 Å². The molecule has 0 spiro atoms. The van der Waals surface area contributed by atoms with E-state index in [1.54, 1.807) is 12.7 Å². The number of rotatable bonds is 0. The van der Waals surface area contributed by atoms with Crippen LogP contribution in [-0.4, -0.2) is 19.9 Å². The molecular formula is C10H8N4. The van der Waals surface area contributed by atoms with Crippen LogP contribution in [0.1, 0.15) is 22.8 Å². The lowest BCUT2D eigenvalue weighted by atomic mass is 10.1. The number of nitrogens with zero attached hydrogens (tertiary/aromatic N) is 4. The van der Waals surface area contributed by atoms with Crippen LogP contribution in [0.15, 0.2) is 24.8 Å². The van der Waals surface area contributed by atoms with Gasteiger partial charge in [0.25, 0.3) is 0 Å². The molecule has 2 aromatic heterocycles. The van der Waals surface area contributed by atoms with Crippen LogP contribution in [0, 0.1) is 0 Å². The molecule has 0 N–H and O–H groups in total. The van der Waals surface area contributed by atoms with Crippen molar-refractivity contribution in [1.82, 2.24) is 19.9 Å². The predicted molar refractivity (Wildman–Crippen MR) is 49.7 cm³/mol. The molecule has 0 saturated heterocycles. The van der Waals surface area contributed by atoms with E-state index in [2.05, 4.69) is 19.9 Å². The molecule has 14 heavy (non-hydrogen) atoms. The summed E-state index contributed by atoms with van der Waals surface area (Å²) < 4.78 is 0. The molecule has 2 aromatic rings. The maximum Gasteiger partial charge on any atom is 0.115 e. The minimum absolute atomic E-state index is 0.769. The van der Waals surface area contributed by atoms with Crippen molar-refractivity contribution < 1.29 is 0 Å². The Balaban J connectivity index is 2.17. The van der Waals surface area contributed by atoms with Crippen LogP contribution in [0.2, 0.25) is 0 Å². The van der Waals surface area contributed by atoms with E-state index in [1.165, 1.54) is 0 Å². The lowest BCUT2D eigenvalue weighted by Crippen LogP contribution is -2.05. The maximum atomic E-state index is 4.19. The average Bonchev–Trinajstić information content (AvgIpc) is 2.17. The quantitative estimate of drug-likeness (QED) is 0.517. The smallest absolute Gasteiger partial charge is 0.115 e. The van der Waals surface area contributed by atoms with E-state index in [1.807, 2.05) is 12.1 Å². The van der Waals surface area contributed by atoms with Crippen molar-refractivity contribution in [2.45, 2.75) is 12.8 Å². The van der Waals surface area contributed by atoms with E-state index < -0.39 is 0 Å². The Morgan fingerprint density at radius 3 is 1.36 bits per heavy atom. The van der Waals surface area contributed by atoms with Gasteiger partial charge in [-0.3, -0.25) is 0 Å². The summed E-state index contributed by atoms with van der Waals surface area (Å²) in [6.45, 7) is 0. The van der Waals surface area contributed by atoms with Gasteiger partial charge in [0, 0.05) is 35.6 Å². The van der Waals surface area contributed by atoms with E-state index in [4.69, 9.17) is 0 Å². The Kier molecular flexibility index (Phi) is 1.53. The molecule has 0 aliphatic heterocycles. The molecule has 4 bridgehead atoms. The zero-order chi connectivity index (χ0) is 9.38. The second-order valence-corrected chi connectivity index (χ2v) is 3.35. The number of fused-ring (bicyclic) bond motifs is 4. The molecule has 0 amide bonds. The second kappa shape index (κ2) is 2.83. The summed E-state index contributed by atoms with van der Waals surface area (Å²) in [5.41, 5.74) is 4.11. The summed E-state index contributed by atoms with van der Waals surface area (Å²) in [5, 5.41) is 0. The molecule has 3 rings (SSSR count). The zero-order valence-electron chi connectivity index (χ0n) is 7.51. The van der Waals surface area contributed by atoms with Gasteiger partial charge in [-0.1, -0.05) is 0 Å². The third-order valence-electron chi connectivity index (χ3n) is 2.29. The Labute approximate surface area is 81.1 Å². The minimum atomic E-state index is 0.769. The Morgan fingerprint density at radius 1 is 0.643 bits per heavy atom. The molecule has 0 unspecified atom stereocenters. The summed E-state index contributed by atoms with van der Waals surface area (Å²) in [7, 11) is 0. The molecule has 68 valence electrons. The summed E-state index contributed by atoms with van der Waals surface area (Å²) in [6, 6.07) is 4.03. The molecular weight excluding hydrogens is 176 g/mol. The van der Waals surface area contributed by atoms with Gasteiger partial charge < -0.3 is 0 Å².